The van der Waals surface area contributed by atoms with Gasteiger partial charge in [-0.3, -0.25) is 0 Å². The second-order valence-corrected chi connectivity index (χ2v) is 5.66. The summed E-state index contributed by atoms with van der Waals surface area (Å²) in [5.41, 5.74) is 0. The molecular weight excluding hydrogens is 253 g/mol. The molecule has 1 aliphatic rings. The topological polar surface area (TPSA) is 20.2 Å². The van der Waals surface area contributed by atoms with Gasteiger partial charge in [0.1, 0.15) is 0 Å². The minimum absolute atomic E-state index is 0.108. The summed E-state index contributed by atoms with van der Waals surface area (Å²) in [4.78, 5) is 0. The van der Waals surface area contributed by atoms with Crippen LogP contribution in [-0.4, -0.2) is 17.4 Å². The number of hydrogen-bond acceptors (Lipinski definition) is 1. The summed E-state index contributed by atoms with van der Waals surface area (Å²) in [6.45, 7) is 3.64. The Labute approximate surface area is 113 Å². The van der Waals surface area contributed by atoms with E-state index < -0.39 is 18.2 Å². The lowest BCUT2D eigenvalue weighted by atomic mass is 9.77. The van der Waals surface area contributed by atoms with E-state index in [1.165, 1.54) is 0 Å². The fraction of sp³-hybridized carbons (Fsp3) is 0.867. The number of allylic oxidation sites excluding steroid dienone is 1. The number of hydrogen-bond donors (Lipinski definition) is 1. The van der Waals surface area contributed by atoms with Crippen molar-refractivity contribution >= 4 is 0 Å². The van der Waals surface area contributed by atoms with Gasteiger partial charge in [0.25, 0.3) is 0 Å². The van der Waals surface area contributed by atoms with Crippen LogP contribution in [0.5, 0.6) is 0 Å². The average molecular weight is 278 g/mol. The van der Waals surface area contributed by atoms with Crippen molar-refractivity contribution in [3.63, 3.8) is 0 Å². The van der Waals surface area contributed by atoms with Gasteiger partial charge >= 0.3 is 6.18 Å². The van der Waals surface area contributed by atoms with E-state index >= 15 is 0 Å². The number of aliphatic hydroxyl groups is 1. The molecule has 0 saturated heterocycles. The number of aliphatic hydroxyl groups excluding tert-OH is 1. The molecule has 3 atom stereocenters. The van der Waals surface area contributed by atoms with Crippen LogP contribution in [0.1, 0.15) is 57.8 Å². The van der Waals surface area contributed by atoms with Gasteiger partial charge in [0.05, 0.1) is 12.0 Å². The minimum atomic E-state index is -4.09. The van der Waals surface area contributed by atoms with Crippen LogP contribution in [0, 0.1) is 11.8 Å². The largest absolute Gasteiger partial charge is 0.393 e. The first-order valence-electron chi connectivity index (χ1n) is 7.30. The van der Waals surface area contributed by atoms with Crippen molar-refractivity contribution in [3.05, 3.63) is 12.7 Å². The minimum Gasteiger partial charge on any atom is -0.393 e. The van der Waals surface area contributed by atoms with E-state index in [-0.39, 0.29) is 18.8 Å². The second-order valence-electron chi connectivity index (χ2n) is 5.66. The number of alkyl halides is 3. The summed E-state index contributed by atoms with van der Waals surface area (Å²) in [6, 6.07) is 0. The average Bonchev–Trinajstić information content (AvgIpc) is 2.37. The first-order chi connectivity index (χ1) is 8.95. The highest BCUT2D eigenvalue weighted by Gasteiger charge is 2.43. The SMILES string of the molecule is C=CCCCCCC(O)C1CCCC(C(F)(F)F)C1. The Hall–Kier alpha value is -0.510. The maximum Gasteiger partial charge on any atom is 0.391 e. The molecule has 0 bridgehead atoms. The van der Waals surface area contributed by atoms with Crippen molar-refractivity contribution in [2.24, 2.45) is 11.8 Å². The monoisotopic (exact) mass is 278 g/mol. The van der Waals surface area contributed by atoms with Crippen LogP contribution in [0.2, 0.25) is 0 Å². The third-order valence-electron chi connectivity index (χ3n) is 4.13. The van der Waals surface area contributed by atoms with Crippen molar-refractivity contribution in [1.29, 1.82) is 0 Å². The molecule has 1 rings (SSSR count). The predicted molar refractivity (Wildman–Crippen MR) is 70.8 cm³/mol. The van der Waals surface area contributed by atoms with E-state index in [1.54, 1.807) is 0 Å². The molecule has 0 aliphatic heterocycles. The van der Waals surface area contributed by atoms with Crippen molar-refractivity contribution in [2.75, 3.05) is 0 Å². The summed E-state index contributed by atoms with van der Waals surface area (Å²) in [7, 11) is 0. The predicted octanol–water partition coefficient (Wildman–Crippen LogP) is 4.85. The van der Waals surface area contributed by atoms with E-state index in [1.807, 2.05) is 6.08 Å². The molecule has 0 heterocycles. The smallest absolute Gasteiger partial charge is 0.391 e. The normalized spacial score (nSPS) is 26.1. The van der Waals surface area contributed by atoms with Crippen LogP contribution in [0.25, 0.3) is 0 Å². The molecule has 0 spiro atoms. The molecule has 0 aromatic carbocycles. The first kappa shape index (κ1) is 16.5. The molecule has 1 N–H and O–H groups in total. The molecule has 0 amide bonds. The van der Waals surface area contributed by atoms with Gasteiger partial charge in [-0.25, -0.2) is 0 Å². The summed E-state index contributed by atoms with van der Waals surface area (Å²) in [5.74, 6) is -1.37. The molecule has 1 fully saturated rings. The van der Waals surface area contributed by atoms with Gasteiger partial charge in [0, 0.05) is 0 Å². The maximum absolute atomic E-state index is 12.7. The highest BCUT2D eigenvalue weighted by molar-refractivity contribution is 4.81. The van der Waals surface area contributed by atoms with Crippen LogP contribution >= 0.6 is 0 Å². The maximum atomic E-state index is 12.7. The van der Waals surface area contributed by atoms with Crippen LogP contribution < -0.4 is 0 Å². The van der Waals surface area contributed by atoms with Gasteiger partial charge in [0.15, 0.2) is 0 Å². The van der Waals surface area contributed by atoms with Gasteiger partial charge in [-0.2, -0.15) is 13.2 Å². The molecule has 3 unspecified atom stereocenters. The fourth-order valence-corrected chi connectivity index (χ4v) is 2.93. The second kappa shape index (κ2) is 7.93. The third kappa shape index (κ3) is 5.98. The van der Waals surface area contributed by atoms with E-state index in [0.717, 1.165) is 32.1 Å². The highest BCUT2D eigenvalue weighted by atomic mass is 19.4. The molecule has 0 aromatic heterocycles. The Morgan fingerprint density at radius 2 is 1.95 bits per heavy atom. The zero-order chi connectivity index (χ0) is 14.3. The molecular formula is C15H25F3O. The summed E-state index contributed by atoms with van der Waals surface area (Å²) in [5, 5.41) is 10.0. The van der Waals surface area contributed by atoms with Crippen molar-refractivity contribution in [3.8, 4) is 0 Å². The zero-order valence-electron chi connectivity index (χ0n) is 11.5. The van der Waals surface area contributed by atoms with E-state index in [2.05, 4.69) is 6.58 Å². The number of rotatable bonds is 7. The first-order valence-corrected chi connectivity index (χ1v) is 7.30. The van der Waals surface area contributed by atoms with Gasteiger partial charge < -0.3 is 5.11 Å². The quantitative estimate of drug-likeness (QED) is 0.521. The summed E-state index contributed by atoms with van der Waals surface area (Å²) >= 11 is 0. The fourth-order valence-electron chi connectivity index (χ4n) is 2.93. The Balaban J connectivity index is 2.27. The number of unbranched alkanes of at least 4 members (excludes halogenated alkanes) is 3. The van der Waals surface area contributed by atoms with Gasteiger partial charge in [-0.1, -0.05) is 25.3 Å². The Morgan fingerprint density at radius 1 is 1.21 bits per heavy atom. The van der Waals surface area contributed by atoms with Crippen LogP contribution in [-0.2, 0) is 0 Å². The molecule has 0 radical (unpaired) electrons. The molecule has 112 valence electrons. The van der Waals surface area contributed by atoms with Gasteiger partial charge in [-0.15, -0.1) is 6.58 Å². The lowest BCUT2D eigenvalue weighted by Gasteiger charge is -2.33. The molecule has 1 aliphatic carbocycles. The molecule has 1 saturated carbocycles. The molecule has 0 aromatic rings. The molecule has 4 heteroatoms. The Kier molecular flexibility index (Phi) is 6.90. The van der Waals surface area contributed by atoms with E-state index in [9.17, 15) is 18.3 Å². The molecule has 19 heavy (non-hydrogen) atoms. The standard InChI is InChI=1S/C15H25F3O/c1-2-3-4-5-6-10-14(19)12-8-7-9-13(11-12)15(16,17)18/h2,12-14,19H,1,3-11H2. The zero-order valence-corrected chi connectivity index (χ0v) is 11.5. The summed E-state index contributed by atoms with van der Waals surface area (Å²) < 4.78 is 38.0. The lowest BCUT2D eigenvalue weighted by Crippen LogP contribution is -2.33. The van der Waals surface area contributed by atoms with Crippen molar-refractivity contribution in [2.45, 2.75) is 70.1 Å². The van der Waals surface area contributed by atoms with Crippen LogP contribution in [0.15, 0.2) is 12.7 Å². The van der Waals surface area contributed by atoms with Crippen LogP contribution in [0.3, 0.4) is 0 Å². The Morgan fingerprint density at radius 3 is 2.58 bits per heavy atom. The van der Waals surface area contributed by atoms with Gasteiger partial charge in [-0.05, 0) is 44.4 Å². The number of halogens is 3. The molecule has 1 nitrogen and oxygen atoms in total. The highest BCUT2D eigenvalue weighted by Crippen LogP contribution is 2.41. The third-order valence-corrected chi connectivity index (χ3v) is 4.13. The summed E-state index contributed by atoms with van der Waals surface area (Å²) in [6.07, 6.45) is 3.42. The van der Waals surface area contributed by atoms with E-state index in [0.29, 0.717) is 12.8 Å². The van der Waals surface area contributed by atoms with Crippen molar-refractivity contribution in [1.82, 2.24) is 0 Å². The van der Waals surface area contributed by atoms with Gasteiger partial charge in [0.2, 0.25) is 0 Å². The van der Waals surface area contributed by atoms with E-state index in [4.69, 9.17) is 0 Å². The lowest BCUT2D eigenvalue weighted by molar-refractivity contribution is -0.188. The van der Waals surface area contributed by atoms with Crippen molar-refractivity contribution < 1.29 is 18.3 Å². The van der Waals surface area contributed by atoms with Crippen LogP contribution in [0.4, 0.5) is 13.2 Å². The Bertz CT molecular complexity index is 263.